The smallest absolute Gasteiger partial charge is 0.0481 e. The zero-order chi connectivity index (χ0) is 9.97. The highest BCUT2D eigenvalue weighted by Crippen LogP contribution is 2.28. The zero-order valence-electron chi connectivity index (χ0n) is 8.26. The lowest BCUT2D eigenvalue weighted by Crippen LogP contribution is -2.29. The lowest BCUT2D eigenvalue weighted by Gasteiger charge is -2.21. The molecule has 2 rings (SSSR count). The van der Waals surface area contributed by atoms with Crippen molar-refractivity contribution >= 4 is 17.2 Å². The van der Waals surface area contributed by atoms with E-state index < -0.39 is 0 Å². The second-order valence-electron chi connectivity index (χ2n) is 3.72. The molecule has 0 saturated heterocycles. The van der Waals surface area contributed by atoms with Gasteiger partial charge in [0.2, 0.25) is 0 Å². The minimum Gasteiger partial charge on any atom is -0.310 e. The highest BCUT2D eigenvalue weighted by atomic mass is 35.5. The summed E-state index contributed by atoms with van der Waals surface area (Å²) < 4.78 is 0. The van der Waals surface area contributed by atoms with Crippen LogP contribution in [0.3, 0.4) is 0 Å². The van der Waals surface area contributed by atoms with Crippen LogP contribution in [0.4, 0.5) is 0 Å². The Balaban J connectivity index is 2.31. The molecular formula is C12H14ClN. The molecule has 1 atom stereocenters. The first-order chi connectivity index (χ1) is 6.77. The molecule has 2 heteroatoms. The molecule has 14 heavy (non-hydrogen) atoms. The van der Waals surface area contributed by atoms with Crippen molar-refractivity contribution in [2.45, 2.75) is 19.4 Å². The summed E-state index contributed by atoms with van der Waals surface area (Å²) in [4.78, 5) is 0. The average Bonchev–Trinajstić information content (AvgIpc) is 2.18. The molecule has 0 amide bonds. The van der Waals surface area contributed by atoms with E-state index in [1.54, 1.807) is 0 Å². The van der Waals surface area contributed by atoms with Crippen molar-refractivity contribution in [3.63, 3.8) is 0 Å². The zero-order valence-corrected chi connectivity index (χ0v) is 9.01. The molecule has 1 heterocycles. The van der Waals surface area contributed by atoms with E-state index in [1.165, 1.54) is 11.1 Å². The first-order valence-corrected chi connectivity index (χ1v) is 5.32. The van der Waals surface area contributed by atoms with Crippen LogP contribution in [-0.2, 0) is 0 Å². The summed E-state index contributed by atoms with van der Waals surface area (Å²) in [5, 5.41) is 4.24. The van der Waals surface area contributed by atoms with Gasteiger partial charge in [0.1, 0.15) is 0 Å². The van der Waals surface area contributed by atoms with Crippen LogP contribution in [0, 0.1) is 0 Å². The normalized spacial score (nSPS) is 21.9. The number of halogens is 1. The maximum absolute atomic E-state index is 6.14. The third-order valence-electron chi connectivity index (χ3n) is 2.56. The maximum Gasteiger partial charge on any atom is 0.0481 e. The number of nitrogens with one attached hydrogen (secondary N) is 1. The lowest BCUT2D eigenvalue weighted by molar-refractivity contribution is 0.579. The van der Waals surface area contributed by atoms with Crippen molar-refractivity contribution < 1.29 is 0 Å². The van der Waals surface area contributed by atoms with E-state index in [-0.39, 0.29) is 0 Å². The Morgan fingerprint density at radius 3 is 2.86 bits per heavy atom. The molecule has 1 nitrogen and oxygen atoms in total. The fraction of sp³-hybridized carbons (Fsp3) is 0.333. The minimum absolute atomic E-state index is 0.547. The van der Waals surface area contributed by atoms with Gasteiger partial charge < -0.3 is 5.32 Å². The predicted molar refractivity (Wildman–Crippen MR) is 61.5 cm³/mol. The molecule has 1 N–H and O–H groups in total. The fourth-order valence-corrected chi connectivity index (χ4v) is 2.07. The van der Waals surface area contributed by atoms with Crippen molar-refractivity contribution in [2.24, 2.45) is 0 Å². The molecule has 0 bridgehead atoms. The van der Waals surface area contributed by atoms with Gasteiger partial charge in [0.15, 0.2) is 0 Å². The SMILES string of the molecule is CC1CC(c2ccccc2Cl)=CCN1. The van der Waals surface area contributed by atoms with Crippen LogP contribution in [0.15, 0.2) is 30.3 Å². The van der Waals surface area contributed by atoms with Crippen molar-refractivity contribution in [3.05, 3.63) is 40.9 Å². The van der Waals surface area contributed by atoms with E-state index >= 15 is 0 Å². The van der Waals surface area contributed by atoms with Crippen LogP contribution in [-0.4, -0.2) is 12.6 Å². The molecule has 1 aromatic carbocycles. The van der Waals surface area contributed by atoms with E-state index in [0.717, 1.165) is 18.0 Å². The van der Waals surface area contributed by atoms with E-state index in [4.69, 9.17) is 11.6 Å². The van der Waals surface area contributed by atoms with Crippen molar-refractivity contribution in [1.82, 2.24) is 5.32 Å². The Kier molecular flexibility index (Phi) is 2.90. The minimum atomic E-state index is 0.547. The van der Waals surface area contributed by atoms with Crippen LogP contribution < -0.4 is 5.32 Å². The molecule has 1 unspecified atom stereocenters. The molecule has 0 spiro atoms. The molecule has 0 aromatic heterocycles. The third-order valence-corrected chi connectivity index (χ3v) is 2.89. The summed E-state index contributed by atoms with van der Waals surface area (Å²) in [6.45, 7) is 3.14. The fourth-order valence-electron chi connectivity index (χ4n) is 1.81. The number of hydrogen-bond donors (Lipinski definition) is 1. The van der Waals surface area contributed by atoms with Crippen molar-refractivity contribution in [1.29, 1.82) is 0 Å². The van der Waals surface area contributed by atoms with Crippen LogP contribution in [0.1, 0.15) is 18.9 Å². The summed E-state index contributed by atoms with van der Waals surface area (Å²) in [5.41, 5.74) is 2.55. The van der Waals surface area contributed by atoms with Gasteiger partial charge in [-0.2, -0.15) is 0 Å². The van der Waals surface area contributed by atoms with Crippen LogP contribution >= 0.6 is 11.6 Å². The first kappa shape index (κ1) is 9.75. The molecule has 1 aromatic rings. The standard InChI is InChI=1S/C12H14ClN/c1-9-8-10(6-7-14-9)11-4-2-3-5-12(11)13/h2-6,9,14H,7-8H2,1H3. The molecule has 0 saturated carbocycles. The third kappa shape index (κ3) is 1.99. The number of rotatable bonds is 1. The molecule has 0 fully saturated rings. The Morgan fingerprint density at radius 1 is 1.36 bits per heavy atom. The number of benzene rings is 1. The van der Waals surface area contributed by atoms with Crippen molar-refractivity contribution in [2.75, 3.05) is 6.54 Å². The Morgan fingerprint density at radius 2 is 2.14 bits per heavy atom. The molecule has 74 valence electrons. The predicted octanol–water partition coefficient (Wildman–Crippen LogP) is 3.11. The van der Waals surface area contributed by atoms with E-state index in [0.29, 0.717) is 6.04 Å². The van der Waals surface area contributed by atoms with Gasteiger partial charge in [-0.25, -0.2) is 0 Å². The monoisotopic (exact) mass is 207 g/mol. The second-order valence-corrected chi connectivity index (χ2v) is 4.13. The van der Waals surface area contributed by atoms with Gasteiger partial charge in [-0.1, -0.05) is 35.9 Å². The van der Waals surface area contributed by atoms with E-state index in [2.05, 4.69) is 24.4 Å². The van der Waals surface area contributed by atoms with Gasteiger partial charge in [0, 0.05) is 17.6 Å². The van der Waals surface area contributed by atoms with Gasteiger partial charge in [-0.15, -0.1) is 0 Å². The summed E-state index contributed by atoms with van der Waals surface area (Å²) in [5.74, 6) is 0. The van der Waals surface area contributed by atoms with Crippen molar-refractivity contribution in [3.8, 4) is 0 Å². The molecule has 0 aliphatic carbocycles. The summed E-state index contributed by atoms with van der Waals surface area (Å²) in [6, 6.07) is 8.59. The first-order valence-electron chi connectivity index (χ1n) is 4.94. The highest BCUT2D eigenvalue weighted by Gasteiger charge is 2.13. The largest absolute Gasteiger partial charge is 0.310 e. The maximum atomic E-state index is 6.14. The lowest BCUT2D eigenvalue weighted by atomic mass is 9.96. The quantitative estimate of drug-likeness (QED) is 0.746. The van der Waals surface area contributed by atoms with Gasteiger partial charge >= 0.3 is 0 Å². The van der Waals surface area contributed by atoms with Gasteiger partial charge in [0.25, 0.3) is 0 Å². The highest BCUT2D eigenvalue weighted by molar-refractivity contribution is 6.32. The summed E-state index contributed by atoms with van der Waals surface area (Å²) >= 11 is 6.14. The Hall–Kier alpha value is -0.790. The van der Waals surface area contributed by atoms with Gasteiger partial charge in [-0.3, -0.25) is 0 Å². The van der Waals surface area contributed by atoms with Crippen LogP contribution in [0.25, 0.3) is 5.57 Å². The molecule has 0 radical (unpaired) electrons. The Labute approximate surface area is 89.8 Å². The van der Waals surface area contributed by atoms with E-state index in [1.807, 2.05) is 18.2 Å². The molecular weight excluding hydrogens is 194 g/mol. The number of hydrogen-bond acceptors (Lipinski definition) is 1. The van der Waals surface area contributed by atoms with E-state index in [9.17, 15) is 0 Å². The topological polar surface area (TPSA) is 12.0 Å². The average molecular weight is 208 g/mol. The molecule has 1 aliphatic heterocycles. The van der Waals surface area contributed by atoms with Crippen LogP contribution in [0.5, 0.6) is 0 Å². The summed E-state index contributed by atoms with van der Waals surface area (Å²) in [6.07, 6.45) is 3.28. The van der Waals surface area contributed by atoms with Gasteiger partial charge in [0.05, 0.1) is 0 Å². The summed E-state index contributed by atoms with van der Waals surface area (Å²) in [7, 11) is 0. The second kappa shape index (κ2) is 4.16. The van der Waals surface area contributed by atoms with Gasteiger partial charge in [-0.05, 0) is 30.5 Å². The Bertz CT molecular complexity index is 357. The molecule has 1 aliphatic rings. The van der Waals surface area contributed by atoms with Crippen LogP contribution in [0.2, 0.25) is 5.02 Å².